The third kappa shape index (κ3) is 1.21. The second-order valence-corrected chi connectivity index (χ2v) is 3.66. The second-order valence-electron chi connectivity index (χ2n) is 2.77. The maximum Gasteiger partial charge on any atom is 0.324 e. The SMILES string of the molecule is O=[N+]([O-])c1cc([C@H]2CCN2)cs1. The summed E-state index contributed by atoms with van der Waals surface area (Å²) < 4.78 is 0. The van der Waals surface area contributed by atoms with Gasteiger partial charge in [0.05, 0.1) is 4.92 Å². The van der Waals surface area contributed by atoms with E-state index in [2.05, 4.69) is 5.32 Å². The maximum absolute atomic E-state index is 10.3. The Kier molecular flexibility index (Phi) is 1.82. The molecule has 12 heavy (non-hydrogen) atoms. The number of nitrogens with zero attached hydrogens (tertiary/aromatic N) is 1. The molecule has 2 rings (SSSR count). The molecule has 0 saturated carbocycles. The van der Waals surface area contributed by atoms with E-state index in [-0.39, 0.29) is 9.92 Å². The minimum Gasteiger partial charge on any atom is -0.310 e. The number of hydrogen-bond acceptors (Lipinski definition) is 4. The zero-order valence-electron chi connectivity index (χ0n) is 6.32. The summed E-state index contributed by atoms with van der Waals surface area (Å²) in [5.74, 6) is 0. The Balaban J connectivity index is 2.17. The van der Waals surface area contributed by atoms with Crippen LogP contribution in [0.2, 0.25) is 0 Å². The van der Waals surface area contributed by atoms with Gasteiger partial charge in [-0.25, -0.2) is 0 Å². The van der Waals surface area contributed by atoms with Gasteiger partial charge in [-0.05, 0) is 18.5 Å². The van der Waals surface area contributed by atoms with Crippen molar-refractivity contribution in [1.29, 1.82) is 0 Å². The molecule has 1 fully saturated rings. The average Bonchev–Trinajstić information content (AvgIpc) is 2.32. The van der Waals surface area contributed by atoms with Crippen LogP contribution in [0.1, 0.15) is 18.0 Å². The van der Waals surface area contributed by atoms with Gasteiger partial charge in [-0.15, -0.1) is 0 Å². The fraction of sp³-hybridized carbons (Fsp3) is 0.429. The molecular weight excluding hydrogens is 176 g/mol. The predicted octanol–water partition coefficient (Wildman–Crippen LogP) is 1.69. The van der Waals surface area contributed by atoms with E-state index >= 15 is 0 Å². The van der Waals surface area contributed by atoms with Crippen molar-refractivity contribution in [2.24, 2.45) is 0 Å². The summed E-state index contributed by atoms with van der Waals surface area (Å²) in [7, 11) is 0. The summed E-state index contributed by atoms with van der Waals surface area (Å²) >= 11 is 1.20. The first kappa shape index (κ1) is 7.70. The van der Waals surface area contributed by atoms with Crippen molar-refractivity contribution in [2.45, 2.75) is 12.5 Å². The minimum absolute atomic E-state index is 0.235. The average molecular weight is 184 g/mol. The molecule has 2 heterocycles. The topological polar surface area (TPSA) is 55.2 Å². The van der Waals surface area contributed by atoms with Crippen LogP contribution < -0.4 is 5.32 Å². The molecule has 4 nitrogen and oxygen atoms in total. The zero-order valence-corrected chi connectivity index (χ0v) is 7.13. The van der Waals surface area contributed by atoms with Crippen molar-refractivity contribution in [2.75, 3.05) is 6.54 Å². The van der Waals surface area contributed by atoms with E-state index in [9.17, 15) is 10.1 Å². The molecule has 5 heteroatoms. The first-order valence-electron chi connectivity index (χ1n) is 3.73. The van der Waals surface area contributed by atoms with Gasteiger partial charge < -0.3 is 5.32 Å². The maximum atomic E-state index is 10.3. The Bertz CT molecular complexity index is 306. The largest absolute Gasteiger partial charge is 0.324 e. The summed E-state index contributed by atoms with van der Waals surface area (Å²) in [6.07, 6.45) is 1.09. The summed E-state index contributed by atoms with van der Waals surface area (Å²) in [5.41, 5.74) is 1.05. The normalized spacial score (nSPS) is 21.8. The minimum atomic E-state index is -0.340. The van der Waals surface area contributed by atoms with E-state index in [1.807, 2.05) is 5.38 Å². The Morgan fingerprint density at radius 1 is 1.75 bits per heavy atom. The number of hydrogen-bond donors (Lipinski definition) is 1. The smallest absolute Gasteiger partial charge is 0.310 e. The highest BCUT2D eigenvalue weighted by Gasteiger charge is 2.21. The summed E-state index contributed by atoms with van der Waals surface area (Å²) in [4.78, 5) is 10.00. The molecule has 1 aromatic heterocycles. The quantitative estimate of drug-likeness (QED) is 0.562. The molecule has 1 N–H and O–H groups in total. The van der Waals surface area contributed by atoms with Crippen molar-refractivity contribution in [3.8, 4) is 0 Å². The zero-order chi connectivity index (χ0) is 8.55. The molecular formula is C7H8N2O2S. The number of nitro groups is 1. The molecule has 0 aromatic carbocycles. The van der Waals surface area contributed by atoms with Crippen molar-refractivity contribution < 1.29 is 4.92 Å². The van der Waals surface area contributed by atoms with Crippen LogP contribution in [0.15, 0.2) is 11.4 Å². The van der Waals surface area contributed by atoms with Gasteiger partial charge in [-0.2, -0.15) is 0 Å². The van der Waals surface area contributed by atoms with Crippen LogP contribution in [-0.4, -0.2) is 11.5 Å². The molecule has 0 aliphatic carbocycles. The molecule has 1 atom stereocenters. The molecule has 0 bridgehead atoms. The van der Waals surface area contributed by atoms with Gasteiger partial charge in [0.15, 0.2) is 0 Å². The fourth-order valence-electron chi connectivity index (χ4n) is 1.19. The van der Waals surface area contributed by atoms with E-state index in [0.717, 1.165) is 18.5 Å². The van der Waals surface area contributed by atoms with Crippen molar-refractivity contribution in [3.63, 3.8) is 0 Å². The van der Waals surface area contributed by atoms with Gasteiger partial charge in [0, 0.05) is 17.5 Å². The van der Waals surface area contributed by atoms with Gasteiger partial charge in [-0.1, -0.05) is 11.3 Å². The molecule has 1 aromatic rings. The first-order chi connectivity index (χ1) is 5.77. The van der Waals surface area contributed by atoms with Crippen molar-refractivity contribution >= 4 is 16.3 Å². The van der Waals surface area contributed by atoms with Crippen LogP contribution in [0.25, 0.3) is 0 Å². The molecule has 0 amide bonds. The highest BCUT2D eigenvalue weighted by atomic mass is 32.1. The molecule has 1 aliphatic rings. The van der Waals surface area contributed by atoms with E-state index in [1.165, 1.54) is 11.3 Å². The van der Waals surface area contributed by atoms with Crippen LogP contribution >= 0.6 is 11.3 Å². The third-order valence-electron chi connectivity index (χ3n) is 2.01. The predicted molar refractivity (Wildman–Crippen MR) is 46.3 cm³/mol. The molecule has 1 aliphatic heterocycles. The third-order valence-corrected chi connectivity index (χ3v) is 2.91. The molecule has 1 saturated heterocycles. The Morgan fingerprint density at radius 2 is 2.50 bits per heavy atom. The van der Waals surface area contributed by atoms with E-state index in [1.54, 1.807) is 6.07 Å². The summed E-state index contributed by atoms with van der Waals surface area (Å²) in [6.45, 7) is 1.02. The van der Waals surface area contributed by atoms with Gasteiger partial charge in [0.2, 0.25) is 0 Å². The lowest BCUT2D eigenvalue weighted by molar-refractivity contribution is -0.380. The Hall–Kier alpha value is -0.940. The van der Waals surface area contributed by atoms with Crippen LogP contribution in [-0.2, 0) is 0 Å². The van der Waals surface area contributed by atoms with E-state index in [0.29, 0.717) is 6.04 Å². The van der Waals surface area contributed by atoms with Crippen LogP contribution in [0, 0.1) is 10.1 Å². The van der Waals surface area contributed by atoms with Crippen LogP contribution in [0.5, 0.6) is 0 Å². The summed E-state index contributed by atoms with van der Waals surface area (Å²) in [5, 5.41) is 15.6. The number of thiophene rings is 1. The van der Waals surface area contributed by atoms with E-state index in [4.69, 9.17) is 0 Å². The molecule has 0 radical (unpaired) electrons. The highest BCUT2D eigenvalue weighted by Crippen LogP contribution is 2.30. The molecule has 0 spiro atoms. The first-order valence-corrected chi connectivity index (χ1v) is 4.61. The van der Waals surface area contributed by atoms with Crippen LogP contribution in [0.4, 0.5) is 5.00 Å². The van der Waals surface area contributed by atoms with Gasteiger partial charge in [0.1, 0.15) is 0 Å². The lowest BCUT2D eigenvalue weighted by Crippen LogP contribution is -2.34. The Labute approximate surface area is 73.4 Å². The van der Waals surface area contributed by atoms with Gasteiger partial charge >= 0.3 is 5.00 Å². The van der Waals surface area contributed by atoms with Crippen molar-refractivity contribution in [1.82, 2.24) is 5.32 Å². The molecule has 64 valence electrons. The Morgan fingerprint density at radius 3 is 2.92 bits per heavy atom. The van der Waals surface area contributed by atoms with Gasteiger partial charge in [-0.3, -0.25) is 10.1 Å². The monoisotopic (exact) mass is 184 g/mol. The summed E-state index contributed by atoms with van der Waals surface area (Å²) in [6, 6.07) is 2.01. The van der Waals surface area contributed by atoms with Crippen molar-refractivity contribution in [3.05, 3.63) is 27.1 Å². The molecule has 0 unspecified atom stereocenters. The number of rotatable bonds is 2. The second kappa shape index (κ2) is 2.84. The lowest BCUT2D eigenvalue weighted by atomic mass is 10.0. The van der Waals surface area contributed by atoms with Crippen LogP contribution in [0.3, 0.4) is 0 Å². The standard InChI is InChI=1S/C7H8N2O2S/c10-9(11)7-3-5(4-12-7)6-1-2-8-6/h3-4,6,8H,1-2H2/t6-/m1/s1. The lowest BCUT2D eigenvalue weighted by Gasteiger charge is -2.26. The van der Waals surface area contributed by atoms with Gasteiger partial charge in [0.25, 0.3) is 0 Å². The highest BCUT2D eigenvalue weighted by molar-refractivity contribution is 7.13. The number of nitrogens with one attached hydrogen (secondary N) is 1. The van der Waals surface area contributed by atoms with E-state index < -0.39 is 0 Å². The fourth-order valence-corrected chi connectivity index (χ4v) is 1.97.